The first-order valence-corrected chi connectivity index (χ1v) is 22.7. The van der Waals surface area contributed by atoms with E-state index in [1.807, 2.05) is 0 Å². The Labute approximate surface area is 370 Å². The molecule has 300 valence electrons. The van der Waals surface area contributed by atoms with Crippen LogP contribution in [0.2, 0.25) is 0 Å². The van der Waals surface area contributed by atoms with Gasteiger partial charge in [-0.25, -0.2) is 0 Å². The van der Waals surface area contributed by atoms with Gasteiger partial charge in [0.1, 0.15) is 0 Å². The van der Waals surface area contributed by atoms with E-state index < -0.39 is 0 Å². The van der Waals surface area contributed by atoms with Crippen molar-refractivity contribution in [1.82, 2.24) is 0 Å². The molecule has 3 aliphatic rings. The molecular formula is C63H48. The van der Waals surface area contributed by atoms with Gasteiger partial charge in [0.15, 0.2) is 0 Å². The van der Waals surface area contributed by atoms with Crippen LogP contribution >= 0.6 is 0 Å². The summed E-state index contributed by atoms with van der Waals surface area (Å²) in [5.41, 5.74) is 23.8. The lowest BCUT2D eigenvalue weighted by molar-refractivity contribution is 0.660. The fourth-order valence-corrected chi connectivity index (χ4v) is 12.4. The van der Waals surface area contributed by atoms with Crippen molar-refractivity contribution in [2.24, 2.45) is 0 Å². The summed E-state index contributed by atoms with van der Waals surface area (Å²) < 4.78 is 0. The quantitative estimate of drug-likeness (QED) is 0.156. The Hall–Kier alpha value is -7.02. The molecule has 0 bridgehead atoms. The van der Waals surface area contributed by atoms with Crippen molar-refractivity contribution in [2.45, 2.75) is 57.8 Å². The monoisotopic (exact) mass is 804 g/mol. The molecule has 0 spiro atoms. The van der Waals surface area contributed by atoms with Gasteiger partial charge in [0, 0.05) is 16.2 Å². The smallest absolute Gasteiger partial charge is 0.0159 e. The lowest BCUT2D eigenvalue weighted by Gasteiger charge is -2.25. The third kappa shape index (κ3) is 4.87. The van der Waals surface area contributed by atoms with Crippen LogP contribution in [0.5, 0.6) is 0 Å². The van der Waals surface area contributed by atoms with Crippen LogP contribution in [0.1, 0.15) is 74.9 Å². The Balaban J connectivity index is 1.10. The van der Waals surface area contributed by atoms with Crippen molar-refractivity contribution in [1.29, 1.82) is 0 Å². The number of rotatable bonds is 3. The van der Waals surface area contributed by atoms with E-state index in [-0.39, 0.29) is 16.2 Å². The molecule has 0 nitrogen and oxygen atoms in total. The average molecular weight is 805 g/mol. The largest absolute Gasteiger partial charge is 0.0619 e. The van der Waals surface area contributed by atoms with Gasteiger partial charge in [0.05, 0.1) is 0 Å². The van der Waals surface area contributed by atoms with Crippen LogP contribution in [0, 0.1) is 0 Å². The molecule has 13 rings (SSSR count). The van der Waals surface area contributed by atoms with Crippen LogP contribution in [0.4, 0.5) is 0 Å². The zero-order chi connectivity index (χ0) is 42.6. The maximum Gasteiger partial charge on any atom is 0.0159 e. The van der Waals surface area contributed by atoms with E-state index >= 15 is 0 Å². The van der Waals surface area contributed by atoms with Gasteiger partial charge in [-0.05, 0) is 163 Å². The Bertz CT molecular complexity index is 3640. The van der Waals surface area contributed by atoms with E-state index in [0.29, 0.717) is 0 Å². The lowest BCUT2D eigenvalue weighted by atomic mass is 9.77. The summed E-state index contributed by atoms with van der Waals surface area (Å²) in [6, 6.07) is 69.7. The summed E-state index contributed by atoms with van der Waals surface area (Å²) in [7, 11) is 0. The summed E-state index contributed by atoms with van der Waals surface area (Å²) in [5, 5.41) is 7.77. The number of benzene rings is 10. The van der Waals surface area contributed by atoms with Gasteiger partial charge in [-0.15, -0.1) is 0 Å². The molecule has 0 atom stereocenters. The van der Waals surface area contributed by atoms with E-state index in [1.54, 1.807) is 0 Å². The molecule has 0 heteroatoms. The fourth-order valence-electron chi connectivity index (χ4n) is 12.4. The minimum absolute atomic E-state index is 0.102. The molecule has 0 saturated carbocycles. The van der Waals surface area contributed by atoms with E-state index in [0.717, 1.165) is 0 Å². The Morgan fingerprint density at radius 2 is 0.619 bits per heavy atom. The molecule has 0 saturated heterocycles. The molecule has 3 aliphatic carbocycles. The van der Waals surface area contributed by atoms with Gasteiger partial charge in [0.25, 0.3) is 0 Å². The van der Waals surface area contributed by atoms with E-state index in [4.69, 9.17) is 0 Å². The Morgan fingerprint density at radius 3 is 1.21 bits per heavy atom. The normalized spacial score (nSPS) is 15.5. The van der Waals surface area contributed by atoms with E-state index in [9.17, 15) is 0 Å². The van der Waals surface area contributed by atoms with Gasteiger partial charge < -0.3 is 0 Å². The minimum atomic E-state index is -0.215. The topological polar surface area (TPSA) is 0 Å². The van der Waals surface area contributed by atoms with Crippen molar-refractivity contribution in [3.8, 4) is 66.8 Å². The van der Waals surface area contributed by atoms with Crippen molar-refractivity contribution in [2.75, 3.05) is 0 Å². The number of hydrogen-bond acceptors (Lipinski definition) is 0. The lowest BCUT2D eigenvalue weighted by Crippen LogP contribution is -2.15. The highest BCUT2D eigenvalue weighted by atomic mass is 14.4. The first kappa shape index (κ1) is 36.6. The molecule has 0 N–H and O–H groups in total. The maximum absolute atomic E-state index is 2.59. The molecule has 0 radical (unpaired) electrons. The summed E-state index contributed by atoms with van der Waals surface area (Å²) in [5.74, 6) is 0. The zero-order valence-corrected chi connectivity index (χ0v) is 36.8. The third-order valence-electron chi connectivity index (χ3n) is 15.7. The predicted molar refractivity (Wildman–Crippen MR) is 268 cm³/mol. The van der Waals surface area contributed by atoms with Crippen LogP contribution in [-0.2, 0) is 16.2 Å². The van der Waals surface area contributed by atoms with Gasteiger partial charge in [-0.2, -0.15) is 0 Å². The second kappa shape index (κ2) is 12.6. The molecule has 63 heavy (non-hydrogen) atoms. The molecule has 0 amide bonds. The third-order valence-corrected chi connectivity index (χ3v) is 15.7. The number of hydrogen-bond donors (Lipinski definition) is 0. The highest BCUT2D eigenvalue weighted by molar-refractivity contribution is 6.23. The van der Waals surface area contributed by atoms with Crippen LogP contribution in [-0.4, -0.2) is 0 Å². The van der Waals surface area contributed by atoms with Gasteiger partial charge in [-0.1, -0.05) is 193 Å². The van der Waals surface area contributed by atoms with Crippen molar-refractivity contribution in [3.05, 3.63) is 215 Å². The minimum Gasteiger partial charge on any atom is -0.0619 e. The predicted octanol–water partition coefficient (Wildman–Crippen LogP) is 17.1. The molecule has 10 aromatic carbocycles. The van der Waals surface area contributed by atoms with E-state index in [2.05, 4.69) is 224 Å². The van der Waals surface area contributed by atoms with E-state index in [1.165, 1.54) is 132 Å². The second-order valence-corrected chi connectivity index (χ2v) is 20.0. The van der Waals surface area contributed by atoms with Crippen molar-refractivity contribution < 1.29 is 0 Å². The molecule has 0 unspecified atom stereocenters. The van der Waals surface area contributed by atoms with Gasteiger partial charge in [0.2, 0.25) is 0 Å². The van der Waals surface area contributed by atoms with Crippen LogP contribution < -0.4 is 0 Å². The van der Waals surface area contributed by atoms with Gasteiger partial charge in [-0.3, -0.25) is 0 Å². The summed E-state index contributed by atoms with van der Waals surface area (Å²) in [4.78, 5) is 0. The molecule has 10 aromatic rings. The first-order chi connectivity index (χ1) is 30.5. The van der Waals surface area contributed by atoms with Gasteiger partial charge >= 0.3 is 0 Å². The molecule has 0 aromatic heterocycles. The standard InChI is InChI=1S/C63H48/c1-61(2)53-24-13-11-19-43(53)45-30-27-39(33-56(45)61)59-48-21-9-10-22-49(48)60(40-28-31-46-44-20-12-14-25-54(44)62(3,4)57(46)34-40)52-36-58-50(35-51(52)59)47-29-26-38(32-55(47)63(58,5)6)42-23-15-17-37-16-7-8-18-41(37)42/h7-36H,1-6H3. The van der Waals surface area contributed by atoms with Crippen LogP contribution in [0.15, 0.2) is 182 Å². The summed E-state index contributed by atoms with van der Waals surface area (Å²) in [6.45, 7) is 14.5. The fraction of sp³-hybridized carbons (Fsp3) is 0.143. The second-order valence-electron chi connectivity index (χ2n) is 20.0. The highest BCUT2D eigenvalue weighted by Gasteiger charge is 2.39. The molecular weight excluding hydrogens is 757 g/mol. The number of fused-ring (bicyclic) bond motifs is 12. The molecule has 0 heterocycles. The molecule has 0 fully saturated rings. The first-order valence-electron chi connectivity index (χ1n) is 22.7. The average Bonchev–Trinajstić information content (AvgIpc) is 3.78. The summed E-state index contributed by atoms with van der Waals surface area (Å²) in [6.07, 6.45) is 0. The Morgan fingerprint density at radius 1 is 0.238 bits per heavy atom. The highest BCUT2D eigenvalue weighted by Crippen LogP contribution is 2.57. The van der Waals surface area contributed by atoms with Crippen LogP contribution in [0.25, 0.3) is 99.1 Å². The van der Waals surface area contributed by atoms with Crippen molar-refractivity contribution >= 4 is 32.3 Å². The summed E-state index contributed by atoms with van der Waals surface area (Å²) >= 11 is 0. The van der Waals surface area contributed by atoms with Crippen LogP contribution in [0.3, 0.4) is 0 Å². The Kier molecular flexibility index (Phi) is 7.29. The molecule has 0 aliphatic heterocycles. The zero-order valence-electron chi connectivity index (χ0n) is 36.8. The maximum atomic E-state index is 2.59. The SMILES string of the molecule is CC1(C)c2ccccc2-c2ccc(-c3c4ccccc4c(-c4ccc5c(c4)C(C)(C)c4ccccc4-5)c4cc5c(cc34)-c3ccc(-c4cccc6ccccc46)cc3C5(C)C)cc21. The van der Waals surface area contributed by atoms with Crippen molar-refractivity contribution in [3.63, 3.8) is 0 Å².